The minimum atomic E-state index is -0.747. The van der Waals surface area contributed by atoms with Gasteiger partial charge in [-0.05, 0) is 6.42 Å². The molecule has 4 N–H and O–H groups in total. The van der Waals surface area contributed by atoms with Gasteiger partial charge in [-0.2, -0.15) is 0 Å². The van der Waals surface area contributed by atoms with Crippen molar-refractivity contribution in [3.05, 3.63) is 34.9 Å². The molecule has 3 aliphatic rings. The van der Waals surface area contributed by atoms with Gasteiger partial charge in [-0.15, -0.1) is 0 Å². The molecule has 0 fully saturated rings. The van der Waals surface area contributed by atoms with Crippen molar-refractivity contribution in [3.8, 4) is 0 Å². The fourth-order valence-electron chi connectivity index (χ4n) is 2.99. The standard InChI is InChI=1S/C17H21BrN4O6/c1-22-15(10-3-2-4-11(18)14(10)27-6-5-23)21-12(13(24)17(22)26)16(25)20-9-7-19-28-8-9/h2-3,7,9,11,15,21,23-24H,4-6,8H2,1H3,(H,20,25). The van der Waals surface area contributed by atoms with E-state index >= 15 is 0 Å². The molecule has 28 heavy (non-hydrogen) atoms. The Hall–Kier alpha value is -2.53. The summed E-state index contributed by atoms with van der Waals surface area (Å²) >= 11 is 3.53. The van der Waals surface area contributed by atoms with E-state index in [2.05, 4.69) is 31.7 Å². The highest BCUT2D eigenvalue weighted by molar-refractivity contribution is 9.09. The Balaban J connectivity index is 1.89. The van der Waals surface area contributed by atoms with Crippen molar-refractivity contribution in [2.45, 2.75) is 23.5 Å². The summed E-state index contributed by atoms with van der Waals surface area (Å²) in [5, 5.41) is 28.4. The van der Waals surface area contributed by atoms with Gasteiger partial charge < -0.3 is 35.3 Å². The van der Waals surface area contributed by atoms with Crippen LogP contribution < -0.4 is 10.6 Å². The summed E-state index contributed by atoms with van der Waals surface area (Å²) in [7, 11) is 1.50. The quantitative estimate of drug-likeness (QED) is 0.400. The van der Waals surface area contributed by atoms with Crippen molar-refractivity contribution >= 4 is 34.0 Å². The van der Waals surface area contributed by atoms with Crippen LogP contribution in [0.15, 0.2) is 40.1 Å². The summed E-state index contributed by atoms with van der Waals surface area (Å²) in [6.07, 6.45) is 5.05. The van der Waals surface area contributed by atoms with Crippen molar-refractivity contribution in [1.82, 2.24) is 15.5 Å². The van der Waals surface area contributed by atoms with Crippen LogP contribution in [0.1, 0.15) is 6.42 Å². The fraction of sp³-hybridized carbons (Fsp3) is 0.471. The average molecular weight is 457 g/mol. The maximum absolute atomic E-state index is 12.6. The summed E-state index contributed by atoms with van der Waals surface area (Å²) in [6.45, 7) is 0.108. The van der Waals surface area contributed by atoms with E-state index in [1.807, 2.05) is 6.08 Å². The lowest BCUT2D eigenvalue weighted by molar-refractivity contribution is -0.133. The topological polar surface area (TPSA) is 133 Å². The second kappa shape index (κ2) is 8.65. The van der Waals surface area contributed by atoms with Crippen LogP contribution in [0.2, 0.25) is 0 Å². The number of halogens is 1. The van der Waals surface area contributed by atoms with Crippen molar-refractivity contribution in [1.29, 1.82) is 0 Å². The third-order valence-electron chi connectivity index (χ3n) is 4.39. The largest absolute Gasteiger partial charge is 0.501 e. The molecule has 0 saturated heterocycles. The maximum atomic E-state index is 12.6. The number of carbonyl (C=O) groups excluding carboxylic acids is 2. The first kappa shape index (κ1) is 20.2. The third-order valence-corrected chi connectivity index (χ3v) is 5.18. The lowest BCUT2D eigenvalue weighted by Gasteiger charge is -2.37. The third kappa shape index (κ3) is 3.99. The molecule has 3 unspecified atom stereocenters. The second-order valence-corrected chi connectivity index (χ2v) is 7.42. The van der Waals surface area contributed by atoms with Crippen LogP contribution in [0, 0.1) is 0 Å². The van der Waals surface area contributed by atoms with E-state index in [4.69, 9.17) is 14.7 Å². The normalized spacial score (nSPS) is 27.0. The van der Waals surface area contributed by atoms with Gasteiger partial charge in [-0.3, -0.25) is 9.59 Å². The number of nitrogens with one attached hydrogen (secondary N) is 2. The molecule has 1 aliphatic carbocycles. The number of hydrogen-bond donors (Lipinski definition) is 4. The molecule has 0 radical (unpaired) electrons. The maximum Gasteiger partial charge on any atom is 0.292 e. The van der Waals surface area contributed by atoms with E-state index in [1.54, 1.807) is 6.08 Å². The Morgan fingerprint density at radius 3 is 3.04 bits per heavy atom. The number of aliphatic hydroxyl groups excluding tert-OH is 2. The molecule has 0 saturated carbocycles. The Labute approximate surface area is 169 Å². The number of likely N-dealkylation sites (N-methyl/N-ethyl adjacent to an activating group) is 1. The summed E-state index contributed by atoms with van der Waals surface area (Å²) in [6, 6.07) is -0.452. The Bertz CT molecular complexity index is 778. The molecular formula is C17H21BrN4O6. The zero-order chi connectivity index (χ0) is 20.3. The Morgan fingerprint density at radius 2 is 2.36 bits per heavy atom. The molecule has 2 amide bonds. The number of aliphatic hydroxyl groups is 2. The van der Waals surface area contributed by atoms with Gasteiger partial charge in [0.1, 0.15) is 36.9 Å². The first-order valence-corrected chi connectivity index (χ1v) is 9.57. The molecule has 3 atom stereocenters. The van der Waals surface area contributed by atoms with Crippen LogP contribution in [-0.2, 0) is 19.2 Å². The van der Waals surface area contributed by atoms with Crippen LogP contribution in [0.3, 0.4) is 0 Å². The van der Waals surface area contributed by atoms with Crippen molar-refractivity contribution in [2.75, 3.05) is 26.9 Å². The molecule has 0 aromatic rings. The van der Waals surface area contributed by atoms with Crippen LogP contribution in [0.4, 0.5) is 0 Å². The van der Waals surface area contributed by atoms with E-state index in [1.165, 1.54) is 18.2 Å². The zero-order valence-electron chi connectivity index (χ0n) is 15.1. The van der Waals surface area contributed by atoms with Crippen LogP contribution in [0.5, 0.6) is 0 Å². The number of amides is 2. The molecule has 2 aliphatic heterocycles. The predicted molar refractivity (Wildman–Crippen MR) is 102 cm³/mol. The van der Waals surface area contributed by atoms with Crippen LogP contribution in [-0.4, -0.2) is 77.0 Å². The number of ether oxygens (including phenoxy) is 1. The molecule has 2 heterocycles. The van der Waals surface area contributed by atoms with Gasteiger partial charge in [0.05, 0.1) is 17.6 Å². The molecular weight excluding hydrogens is 436 g/mol. The fourth-order valence-corrected chi connectivity index (χ4v) is 3.61. The number of carbonyl (C=O) groups is 2. The SMILES string of the molecule is CN1C(=O)C(O)=C(C(=O)NC2C=NOC2)NC1C1=C(OCCO)C(Br)CC=C1. The molecule has 0 aromatic carbocycles. The van der Waals surface area contributed by atoms with Crippen molar-refractivity contribution in [3.63, 3.8) is 0 Å². The smallest absolute Gasteiger partial charge is 0.292 e. The van der Waals surface area contributed by atoms with Gasteiger partial charge in [0, 0.05) is 12.6 Å². The van der Waals surface area contributed by atoms with Crippen molar-refractivity contribution in [2.24, 2.45) is 5.16 Å². The van der Waals surface area contributed by atoms with Gasteiger partial charge in [0.25, 0.3) is 11.8 Å². The number of oxime groups is 1. The van der Waals surface area contributed by atoms with E-state index in [-0.39, 0.29) is 30.3 Å². The van der Waals surface area contributed by atoms with E-state index in [0.29, 0.717) is 17.8 Å². The molecule has 0 bridgehead atoms. The lowest BCUT2D eigenvalue weighted by Crippen LogP contribution is -2.56. The summed E-state index contributed by atoms with van der Waals surface area (Å²) < 4.78 is 5.66. The molecule has 3 rings (SSSR count). The predicted octanol–water partition coefficient (Wildman–Crippen LogP) is -0.369. The van der Waals surface area contributed by atoms with Crippen molar-refractivity contribution < 1.29 is 29.4 Å². The van der Waals surface area contributed by atoms with Gasteiger partial charge in [0.15, 0.2) is 0 Å². The molecule has 0 spiro atoms. The average Bonchev–Trinajstić information content (AvgIpc) is 3.18. The minimum Gasteiger partial charge on any atom is -0.501 e. The number of nitrogens with zero attached hydrogens (tertiary/aromatic N) is 2. The monoisotopic (exact) mass is 456 g/mol. The highest BCUT2D eigenvalue weighted by Gasteiger charge is 2.38. The van der Waals surface area contributed by atoms with Gasteiger partial charge in [0.2, 0.25) is 5.76 Å². The second-order valence-electron chi connectivity index (χ2n) is 6.31. The molecule has 10 nitrogen and oxygen atoms in total. The van der Waals surface area contributed by atoms with Crippen LogP contribution in [0.25, 0.3) is 0 Å². The van der Waals surface area contributed by atoms with E-state index in [0.717, 1.165) is 0 Å². The van der Waals surface area contributed by atoms with Gasteiger partial charge in [-0.25, -0.2) is 0 Å². The zero-order valence-corrected chi connectivity index (χ0v) is 16.7. The number of hydrogen-bond acceptors (Lipinski definition) is 8. The lowest BCUT2D eigenvalue weighted by atomic mass is 9.99. The number of allylic oxidation sites excluding steroid dienone is 2. The summed E-state index contributed by atoms with van der Waals surface area (Å²) in [5.41, 5.74) is 0.369. The summed E-state index contributed by atoms with van der Waals surface area (Å²) in [4.78, 5) is 31.1. The Morgan fingerprint density at radius 1 is 1.57 bits per heavy atom. The molecule has 152 valence electrons. The highest BCUT2D eigenvalue weighted by Crippen LogP contribution is 2.31. The number of alkyl halides is 1. The highest BCUT2D eigenvalue weighted by atomic mass is 79.9. The number of rotatable bonds is 6. The molecule has 11 heteroatoms. The van der Waals surface area contributed by atoms with Crippen LogP contribution >= 0.6 is 15.9 Å². The van der Waals surface area contributed by atoms with E-state index in [9.17, 15) is 14.7 Å². The minimum absolute atomic E-state index is 0.0919. The van der Waals surface area contributed by atoms with Gasteiger partial charge >= 0.3 is 0 Å². The first-order valence-electron chi connectivity index (χ1n) is 8.65. The van der Waals surface area contributed by atoms with E-state index < -0.39 is 29.8 Å². The summed E-state index contributed by atoms with van der Waals surface area (Å²) in [5.74, 6) is -1.49. The Kier molecular flexibility index (Phi) is 6.25. The van der Waals surface area contributed by atoms with Gasteiger partial charge in [-0.1, -0.05) is 33.2 Å². The molecule has 0 aromatic heterocycles. The first-order chi connectivity index (χ1) is 13.4.